The van der Waals surface area contributed by atoms with Gasteiger partial charge in [0.2, 0.25) is 0 Å². The van der Waals surface area contributed by atoms with Crippen LogP contribution in [-0.2, 0) is 6.42 Å². The number of hydrogen-bond donors (Lipinski definition) is 0. The fourth-order valence-corrected chi connectivity index (χ4v) is 6.78. The van der Waals surface area contributed by atoms with E-state index in [-0.39, 0.29) is 0 Å². The lowest BCUT2D eigenvalue weighted by atomic mass is 9.83. The van der Waals surface area contributed by atoms with Crippen molar-refractivity contribution in [3.05, 3.63) is 181 Å². The molecule has 0 aliphatic carbocycles. The minimum Gasteiger partial charge on any atom is -0.0622 e. The fraction of sp³-hybridized carbons (Fsp3) is 0.0233. The van der Waals surface area contributed by atoms with Crippen LogP contribution in [0, 0.1) is 0 Å². The van der Waals surface area contributed by atoms with Crippen LogP contribution in [0.3, 0.4) is 0 Å². The summed E-state index contributed by atoms with van der Waals surface area (Å²) in [6.07, 6.45) is 0.858. The average molecular weight is 547 g/mol. The minimum atomic E-state index is 0.858. The van der Waals surface area contributed by atoms with Crippen molar-refractivity contribution >= 4 is 32.3 Å². The molecule has 0 saturated carbocycles. The molecule has 0 unspecified atom stereocenters. The summed E-state index contributed by atoms with van der Waals surface area (Å²) < 4.78 is 0. The molecule has 0 fully saturated rings. The van der Waals surface area contributed by atoms with Gasteiger partial charge in [0.1, 0.15) is 0 Å². The maximum Gasteiger partial charge on any atom is -0.000728 e. The van der Waals surface area contributed by atoms with Gasteiger partial charge < -0.3 is 0 Å². The zero-order valence-electron chi connectivity index (χ0n) is 23.9. The van der Waals surface area contributed by atoms with E-state index >= 15 is 0 Å². The van der Waals surface area contributed by atoms with Crippen LogP contribution < -0.4 is 0 Å². The third-order valence-electron chi connectivity index (χ3n) is 8.75. The Bertz CT molecular complexity index is 2180. The van der Waals surface area contributed by atoms with Crippen LogP contribution in [0.25, 0.3) is 65.7 Å². The fourth-order valence-electron chi connectivity index (χ4n) is 6.78. The highest BCUT2D eigenvalue weighted by molar-refractivity contribution is 6.19. The number of fused-ring (bicyclic) bond motifs is 3. The van der Waals surface area contributed by atoms with E-state index in [1.54, 1.807) is 0 Å². The summed E-state index contributed by atoms with van der Waals surface area (Å²) in [5, 5.41) is 7.75. The number of benzene rings is 8. The molecule has 0 nitrogen and oxygen atoms in total. The van der Waals surface area contributed by atoms with Gasteiger partial charge in [0.05, 0.1) is 0 Å². The largest absolute Gasteiger partial charge is 0.0622 e. The molecule has 0 atom stereocenters. The first-order valence-corrected chi connectivity index (χ1v) is 15.0. The van der Waals surface area contributed by atoms with Gasteiger partial charge >= 0.3 is 0 Å². The van der Waals surface area contributed by atoms with Gasteiger partial charge in [-0.25, -0.2) is 0 Å². The van der Waals surface area contributed by atoms with E-state index in [1.165, 1.54) is 76.8 Å². The Balaban J connectivity index is 1.42. The molecule has 0 saturated heterocycles. The highest BCUT2D eigenvalue weighted by Crippen LogP contribution is 2.44. The van der Waals surface area contributed by atoms with Crippen LogP contribution in [0.15, 0.2) is 170 Å². The molecule has 8 aromatic rings. The van der Waals surface area contributed by atoms with Crippen molar-refractivity contribution in [3.63, 3.8) is 0 Å². The Hall–Kier alpha value is -5.46. The molecule has 0 heterocycles. The lowest BCUT2D eigenvalue weighted by Gasteiger charge is -2.20. The monoisotopic (exact) mass is 546 g/mol. The molecule has 0 heteroatoms. The van der Waals surface area contributed by atoms with E-state index in [0.717, 1.165) is 6.42 Å². The number of rotatable bonds is 5. The molecule has 8 aromatic carbocycles. The van der Waals surface area contributed by atoms with Crippen molar-refractivity contribution in [3.8, 4) is 33.4 Å². The summed E-state index contributed by atoms with van der Waals surface area (Å²) in [5.74, 6) is 0. The van der Waals surface area contributed by atoms with Gasteiger partial charge in [-0.3, -0.25) is 0 Å². The first-order chi connectivity index (χ1) is 21.3. The quantitative estimate of drug-likeness (QED) is 0.188. The van der Waals surface area contributed by atoms with Gasteiger partial charge in [0.15, 0.2) is 0 Å². The minimum absolute atomic E-state index is 0.858. The molecule has 202 valence electrons. The SMILES string of the molecule is c1ccc(-c2cc(-c3c4ccccc4c(Cc4ccccc4-c4ccccc4)c4ccccc34)c3ccccc3c2)cc1. The van der Waals surface area contributed by atoms with Crippen LogP contribution in [0.5, 0.6) is 0 Å². The van der Waals surface area contributed by atoms with Crippen LogP contribution in [0.1, 0.15) is 11.1 Å². The second-order valence-corrected chi connectivity index (χ2v) is 11.3. The molecule has 43 heavy (non-hydrogen) atoms. The van der Waals surface area contributed by atoms with Crippen molar-refractivity contribution < 1.29 is 0 Å². The highest BCUT2D eigenvalue weighted by atomic mass is 14.2. The highest BCUT2D eigenvalue weighted by Gasteiger charge is 2.19. The molecular formula is C43H30. The van der Waals surface area contributed by atoms with Crippen LogP contribution in [-0.4, -0.2) is 0 Å². The van der Waals surface area contributed by atoms with E-state index in [0.29, 0.717) is 0 Å². The molecule has 0 radical (unpaired) electrons. The maximum atomic E-state index is 2.40. The van der Waals surface area contributed by atoms with Crippen LogP contribution in [0.2, 0.25) is 0 Å². The molecule has 0 amide bonds. The molecule has 0 aromatic heterocycles. The first-order valence-electron chi connectivity index (χ1n) is 15.0. The van der Waals surface area contributed by atoms with Crippen LogP contribution >= 0.6 is 0 Å². The predicted octanol–water partition coefficient (Wildman–Crippen LogP) is 11.7. The Morgan fingerprint density at radius 3 is 1.51 bits per heavy atom. The van der Waals surface area contributed by atoms with Crippen molar-refractivity contribution in [1.82, 2.24) is 0 Å². The Morgan fingerprint density at radius 1 is 0.326 bits per heavy atom. The van der Waals surface area contributed by atoms with Gasteiger partial charge in [-0.2, -0.15) is 0 Å². The first kappa shape index (κ1) is 25.3. The predicted molar refractivity (Wildman–Crippen MR) is 185 cm³/mol. The molecule has 0 aliphatic rings. The summed E-state index contributed by atoms with van der Waals surface area (Å²) in [5.41, 5.74) is 10.3. The smallest absolute Gasteiger partial charge is 0.000728 e. The molecule has 0 N–H and O–H groups in total. The molecule has 0 aliphatic heterocycles. The van der Waals surface area contributed by atoms with Gasteiger partial charge in [-0.15, -0.1) is 0 Å². The van der Waals surface area contributed by atoms with E-state index in [4.69, 9.17) is 0 Å². The second kappa shape index (κ2) is 10.7. The number of hydrogen-bond acceptors (Lipinski definition) is 0. The third-order valence-corrected chi connectivity index (χ3v) is 8.75. The molecule has 0 spiro atoms. The zero-order valence-corrected chi connectivity index (χ0v) is 23.9. The molecule has 8 rings (SSSR count). The Morgan fingerprint density at radius 2 is 0.837 bits per heavy atom. The third kappa shape index (κ3) is 4.49. The summed E-state index contributed by atoms with van der Waals surface area (Å²) in [6.45, 7) is 0. The van der Waals surface area contributed by atoms with Gasteiger partial charge in [-0.05, 0) is 95.4 Å². The topological polar surface area (TPSA) is 0 Å². The lowest BCUT2D eigenvalue weighted by molar-refractivity contribution is 1.23. The lowest BCUT2D eigenvalue weighted by Crippen LogP contribution is -1.97. The average Bonchev–Trinajstić information content (AvgIpc) is 3.09. The van der Waals surface area contributed by atoms with E-state index in [2.05, 4.69) is 170 Å². The van der Waals surface area contributed by atoms with Crippen molar-refractivity contribution in [2.45, 2.75) is 6.42 Å². The Labute approximate surface area is 252 Å². The summed E-state index contributed by atoms with van der Waals surface area (Å²) >= 11 is 0. The normalized spacial score (nSPS) is 11.3. The molecule has 0 bridgehead atoms. The second-order valence-electron chi connectivity index (χ2n) is 11.3. The van der Waals surface area contributed by atoms with E-state index in [9.17, 15) is 0 Å². The van der Waals surface area contributed by atoms with Gasteiger partial charge in [0.25, 0.3) is 0 Å². The van der Waals surface area contributed by atoms with Crippen molar-refractivity contribution in [1.29, 1.82) is 0 Å². The Kier molecular flexibility index (Phi) is 6.31. The van der Waals surface area contributed by atoms with Crippen molar-refractivity contribution in [2.24, 2.45) is 0 Å². The standard InChI is InChI=1S/C43H30/c1-3-15-30(16-4-1)34-27-32-19-8-10-22-36(32)42(29-34)43-39-25-13-11-23-37(39)41(38-24-12-14-26-40(38)43)28-33-20-7-9-21-35(33)31-17-5-2-6-18-31/h1-27,29H,28H2. The van der Waals surface area contributed by atoms with Gasteiger partial charge in [0, 0.05) is 0 Å². The van der Waals surface area contributed by atoms with E-state index < -0.39 is 0 Å². The van der Waals surface area contributed by atoms with Gasteiger partial charge in [-0.1, -0.05) is 158 Å². The maximum absolute atomic E-state index is 2.40. The summed E-state index contributed by atoms with van der Waals surface area (Å²) in [4.78, 5) is 0. The van der Waals surface area contributed by atoms with E-state index in [1.807, 2.05) is 0 Å². The zero-order chi connectivity index (χ0) is 28.6. The van der Waals surface area contributed by atoms with Crippen LogP contribution in [0.4, 0.5) is 0 Å². The summed E-state index contributed by atoms with van der Waals surface area (Å²) in [7, 11) is 0. The summed E-state index contributed by atoms with van der Waals surface area (Å²) in [6, 6.07) is 61.9. The van der Waals surface area contributed by atoms with Crippen molar-refractivity contribution in [2.75, 3.05) is 0 Å². The molecular weight excluding hydrogens is 516 g/mol.